The van der Waals surface area contributed by atoms with Gasteiger partial charge in [-0.25, -0.2) is 0 Å². The van der Waals surface area contributed by atoms with Gasteiger partial charge in [0.2, 0.25) is 0 Å². The number of benzene rings is 14. The highest BCUT2D eigenvalue weighted by atomic mass is 15.2. The first-order valence-electron chi connectivity index (χ1n) is 29.9. The van der Waals surface area contributed by atoms with Crippen LogP contribution in [0.2, 0.25) is 0 Å². The second-order valence-corrected chi connectivity index (χ2v) is 23.8. The van der Waals surface area contributed by atoms with Crippen molar-refractivity contribution in [2.75, 3.05) is 9.80 Å². The molecular weight excluding hydrogens is 1010 g/mol. The molecular formula is C82H68N2. The van der Waals surface area contributed by atoms with Gasteiger partial charge in [0.25, 0.3) is 0 Å². The fraction of sp³-hybridized carbons (Fsp3) is 0.122. The molecule has 0 saturated heterocycles. The van der Waals surface area contributed by atoms with Crippen molar-refractivity contribution in [1.29, 1.82) is 0 Å². The van der Waals surface area contributed by atoms with Crippen LogP contribution in [0.5, 0.6) is 0 Å². The summed E-state index contributed by atoms with van der Waals surface area (Å²) < 4.78 is 0. The van der Waals surface area contributed by atoms with Crippen molar-refractivity contribution in [1.82, 2.24) is 0 Å². The van der Waals surface area contributed by atoms with Crippen molar-refractivity contribution < 1.29 is 0 Å². The Morgan fingerprint density at radius 1 is 0.250 bits per heavy atom. The molecule has 0 atom stereocenters. The van der Waals surface area contributed by atoms with E-state index in [0.29, 0.717) is 0 Å². The minimum Gasteiger partial charge on any atom is -0.308 e. The third-order valence-electron chi connectivity index (χ3n) is 17.8. The Hall–Kier alpha value is -9.76. The maximum absolute atomic E-state index is 2.67. The molecule has 0 aliphatic heterocycles. The monoisotopic (exact) mass is 1080 g/mol. The van der Waals surface area contributed by atoms with Gasteiger partial charge in [0.1, 0.15) is 0 Å². The Labute approximate surface area is 494 Å². The van der Waals surface area contributed by atoms with Crippen LogP contribution < -0.4 is 9.80 Å². The zero-order valence-corrected chi connectivity index (χ0v) is 49.3. The van der Waals surface area contributed by atoms with E-state index in [9.17, 15) is 0 Å². The summed E-state index contributed by atoms with van der Waals surface area (Å²) in [5.41, 5.74) is 24.1. The Morgan fingerprint density at radius 3 is 0.917 bits per heavy atom. The zero-order valence-electron chi connectivity index (χ0n) is 49.3. The molecule has 0 radical (unpaired) electrons. The number of anilines is 6. The molecule has 14 rings (SSSR count). The van der Waals surface area contributed by atoms with Crippen LogP contribution in [-0.2, 0) is 0 Å². The molecule has 0 N–H and O–H groups in total. The van der Waals surface area contributed by atoms with E-state index in [1.54, 1.807) is 0 Å². The van der Waals surface area contributed by atoms with Crippen molar-refractivity contribution in [2.24, 2.45) is 0 Å². The summed E-state index contributed by atoms with van der Waals surface area (Å²) in [6, 6.07) is 95.7. The SMILES string of the molecule is Cc1cccc(C)c1N(c1c(-c2ccccc2)ccc2ccc(-c3ccccc3)cc12)c1cc(C(C)C)c2ccc3c(N(c4c(C)cccc4C)c4c(-c5ccccc5)ccc5ccc(-c6ccccc6)cc45)cc(C(C)C)c4ccc1c2c43. The summed E-state index contributed by atoms with van der Waals surface area (Å²) in [6.45, 7) is 18.7. The smallest absolute Gasteiger partial charge is 0.0619 e. The van der Waals surface area contributed by atoms with Gasteiger partial charge in [-0.3, -0.25) is 0 Å². The van der Waals surface area contributed by atoms with Crippen molar-refractivity contribution in [3.8, 4) is 44.5 Å². The van der Waals surface area contributed by atoms with E-state index in [4.69, 9.17) is 0 Å². The largest absolute Gasteiger partial charge is 0.308 e. The number of hydrogen-bond acceptors (Lipinski definition) is 2. The van der Waals surface area contributed by atoms with Gasteiger partial charge in [0.15, 0.2) is 0 Å². The Bertz CT molecular complexity index is 4450. The Balaban J connectivity index is 1.15. The van der Waals surface area contributed by atoms with E-state index < -0.39 is 0 Å². The lowest BCUT2D eigenvalue weighted by Gasteiger charge is -2.35. The molecule has 406 valence electrons. The molecule has 0 aromatic heterocycles. The lowest BCUT2D eigenvalue weighted by atomic mass is 9.83. The summed E-state index contributed by atoms with van der Waals surface area (Å²) in [7, 11) is 0. The summed E-state index contributed by atoms with van der Waals surface area (Å²) in [6.07, 6.45) is 0. The highest BCUT2D eigenvalue weighted by Crippen LogP contribution is 2.56. The van der Waals surface area contributed by atoms with Gasteiger partial charge in [-0.15, -0.1) is 0 Å². The number of hydrogen-bond donors (Lipinski definition) is 0. The highest BCUT2D eigenvalue weighted by molar-refractivity contribution is 6.30. The van der Waals surface area contributed by atoms with Crippen LogP contribution in [0.1, 0.15) is 72.9 Å². The number of aryl methyl sites for hydroxylation is 4. The molecule has 14 aromatic carbocycles. The van der Waals surface area contributed by atoms with Gasteiger partial charge in [-0.05, 0) is 163 Å². The molecule has 0 fully saturated rings. The van der Waals surface area contributed by atoms with Crippen LogP contribution in [0, 0.1) is 27.7 Å². The Kier molecular flexibility index (Phi) is 13.2. The second kappa shape index (κ2) is 21.2. The maximum Gasteiger partial charge on any atom is 0.0619 e. The van der Waals surface area contributed by atoms with Gasteiger partial charge >= 0.3 is 0 Å². The molecule has 0 spiro atoms. The lowest BCUT2D eigenvalue weighted by molar-refractivity contribution is 0.875. The topological polar surface area (TPSA) is 6.48 Å². The van der Waals surface area contributed by atoms with Crippen LogP contribution in [0.15, 0.2) is 255 Å². The predicted molar refractivity (Wildman–Crippen MR) is 363 cm³/mol. The summed E-state index contributed by atoms with van der Waals surface area (Å²) in [4.78, 5) is 5.34. The van der Waals surface area contributed by atoms with Gasteiger partial charge in [0.05, 0.1) is 34.1 Å². The third-order valence-corrected chi connectivity index (χ3v) is 17.8. The molecule has 0 unspecified atom stereocenters. The highest BCUT2D eigenvalue weighted by Gasteiger charge is 2.31. The molecule has 14 aromatic rings. The number of fused-ring (bicyclic) bond motifs is 2. The fourth-order valence-corrected chi connectivity index (χ4v) is 13.8. The van der Waals surface area contributed by atoms with Crippen LogP contribution >= 0.6 is 0 Å². The van der Waals surface area contributed by atoms with Gasteiger partial charge in [-0.1, -0.05) is 258 Å². The average Bonchev–Trinajstić information content (AvgIpc) is 3.01. The maximum atomic E-state index is 2.67. The van der Waals surface area contributed by atoms with Crippen LogP contribution in [-0.4, -0.2) is 0 Å². The van der Waals surface area contributed by atoms with Crippen LogP contribution in [0.4, 0.5) is 34.1 Å². The molecule has 0 heterocycles. The summed E-state index contributed by atoms with van der Waals surface area (Å²) in [5, 5.41) is 12.4. The molecule has 0 aliphatic rings. The average molecular weight is 1080 g/mol. The molecule has 0 saturated carbocycles. The quantitative estimate of drug-likeness (QED) is 0.113. The second-order valence-electron chi connectivity index (χ2n) is 23.8. The summed E-state index contributed by atoms with van der Waals surface area (Å²) in [5.74, 6) is 0.411. The number of nitrogens with zero attached hydrogens (tertiary/aromatic N) is 2. The van der Waals surface area contributed by atoms with Crippen molar-refractivity contribution >= 4 is 88.0 Å². The van der Waals surface area contributed by atoms with E-state index in [1.807, 2.05) is 0 Å². The molecule has 0 aliphatic carbocycles. The first-order chi connectivity index (χ1) is 41.0. The van der Waals surface area contributed by atoms with Crippen molar-refractivity contribution in [3.63, 3.8) is 0 Å². The summed E-state index contributed by atoms with van der Waals surface area (Å²) >= 11 is 0. The standard InChI is InChI=1S/C82H68N2/c1-51(2)71-49-75(83(79-53(5)23-21-24-54(79)6)81-65(59-31-17-11-18-32-59)41-39-61-35-37-63(47-73(61)81)57-27-13-9-14-28-57)69-46-44-68-72(52(3)4)50-76(70-45-43-67(71)77(69)78(68)70)84(80-55(7)25-22-26-56(80)8)82-66(60-33-19-12-20-34-60)42-40-62-36-38-64(48-74(62)82)58-29-15-10-16-30-58/h9-52H,1-8H3. The molecule has 0 amide bonds. The van der Waals surface area contributed by atoms with Gasteiger partial charge < -0.3 is 9.80 Å². The van der Waals surface area contributed by atoms with Crippen LogP contribution in [0.25, 0.3) is 98.4 Å². The van der Waals surface area contributed by atoms with E-state index in [1.165, 1.54) is 166 Å². The van der Waals surface area contributed by atoms with E-state index in [-0.39, 0.29) is 11.8 Å². The molecule has 0 bridgehead atoms. The zero-order chi connectivity index (χ0) is 57.3. The van der Waals surface area contributed by atoms with E-state index in [0.717, 1.165) is 0 Å². The Morgan fingerprint density at radius 2 is 0.571 bits per heavy atom. The predicted octanol–water partition coefficient (Wildman–Crippen LogP) is 24.0. The van der Waals surface area contributed by atoms with E-state index in [2.05, 4.69) is 320 Å². The minimum absolute atomic E-state index is 0.206. The van der Waals surface area contributed by atoms with Crippen molar-refractivity contribution in [3.05, 3.63) is 288 Å². The fourth-order valence-electron chi connectivity index (χ4n) is 13.8. The third kappa shape index (κ3) is 8.79. The molecule has 2 heteroatoms. The first kappa shape index (κ1) is 52.3. The molecule has 84 heavy (non-hydrogen) atoms. The number of rotatable bonds is 12. The number of para-hydroxylation sites is 2. The van der Waals surface area contributed by atoms with Gasteiger partial charge in [-0.2, -0.15) is 0 Å². The minimum atomic E-state index is 0.206. The molecule has 2 nitrogen and oxygen atoms in total. The van der Waals surface area contributed by atoms with E-state index >= 15 is 0 Å². The van der Waals surface area contributed by atoms with Gasteiger partial charge in [0, 0.05) is 32.7 Å². The normalized spacial score (nSPS) is 11.8. The van der Waals surface area contributed by atoms with Crippen molar-refractivity contribution in [2.45, 2.75) is 67.2 Å². The first-order valence-corrected chi connectivity index (χ1v) is 29.9. The van der Waals surface area contributed by atoms with Crippen LogP contribution in [0.3, 0.4) is 0 Å². The lowest BCUT2D eigenvalue weighted by Crippen LogP contribution is -2.17.